The van der Waals surface area contributed by atoms with Crippen molar-refractivity contribution in [3.05, 3.63) is 28.8 Å². The van der Waals surface area contributed by atoms with E-state index < -0.39 is 0 Å². The maximum absolute atomic E-state index is 12.3. The highest BCUT2D eigenvalue weighted by Gasteiger charge is 2.32. The van der Waals surface area contributed by atoms with E-state index >= 15 is 0 Å². The number of aryl methyl sites for hydroxylation is 1. The van der Waals surface area contributed by atoms with E-state index in [9.17, 15) is 4.79 Å². The molecule has 1 aliphatic heterocycles. The van der Waals surface area contributed by atoms with E-state index in [1.54, 1.807) is 6.07 Å². The molecule has 1 aromatic heterocycles. The Kier molecular flexibility index (Phi) is 5.59. The Bertz CT molecular complexity index is 830. The predicted octanol–water partition coefficient (Wildman–Crippen LogP) is 4.30. The molecule has 0 unspecified atom stereocenters. The fraction of sp³-hybridized carbons (Fsp3) is 0.526. The zero-order valence-electron chi connectivity index (χ0n) is 15.4. The highest BCUT2D eigenvalue weighted by atomic mass is 35.5. The first-order valence-corrected chi connectivity index (χ1v) is 10.9. The van der Waals surface area contributed by atoms with Crippen LogP contribution in [0.4, 0.5) is 11.6 Å². The summed E-state index contributed by atoms with van der Waals surface area (Å²) in [6.07, 6.45) is 6.04. The van der Waals surface area contributed by atoms with Crippen molar-refractivity contribution >= 4 is 40.9 Å². The van der Waals surface area contributed by atoms with Crippen molar-refractivity contribution in [2.75, 3.05) is 29.1 Å². The highest BCUT2D eigenvalue weighted by Crippen LogP contribution is 2.41. The van der Waals surface area contributed by atoms with Crippen molar-refractivity contribution in [1.29, 1.82) is 0 Å². The summed E-state index contributed by atoms with van der Waals surface area (Å²) in [6, 6.07) is 6.03. The van der Waals surface area contributed by atoms with Crippen LogP contribution in [0.15, 0.2) is 23.4 Å². The molecule has 0 radical (unpaired) electrons. The van der Waals surface area contributed by atoms with Crippen molar-refractivity contribution in [3.63, 3.8) is 0 Å². The van der Waals surface area contributed by atoms with Crippen LogP contribution >= 0.6 is 23.4 Å². The lowest BCUT2D eigenvalue weighted by atomic mass is 10.1. The average Bonchev–Trinajstić information content (AvgIpc) is 3.43. The number of anilines is 2. The molecule has 1 amide bonds. The fourth-order valence-electron chi connectivity index (χ4n) is 3.33. The van der Waals surface area contributed by atoms with Gasteiger partial charge in [0.2, 0.25) is 11.9 Å². The van der Waals surface area contributed by atoms with E-state index in [4.69, 9.17) is 11.6 Å². The summed E-state index contributed by atoms with van der Waals surface area (Å²) in [5.74, 6) is 1.21. The first-order chi connectivity index (χ1) is 13.1. The van der Waals surface area contributed by atoms with Gasteiger partial charge in [-0.2, -0.15) is 0 Å². The first-order valence-electron chi connectivity index (χ1n) is 9.50. The molecule has 27 heavy (non-hydrogen) atoms. The molecule has 0 bridgehead atoms. The molecule has 1 aliphatic carbocycles. The van der Waals surface area contributed by atoms with E-state index in [0.29, 0.717) is 22.5 Å². The number of benzene rings is 1. The quantitative estimate of drug-likeness (QED) is 0.726. The molecule has 1 N–H and O–H groups in total. The van der Waals surface area contributed by atoms with Crippen molar-refractivity contribution in [2.45, 2.75) is 50.2 Å². The molecule has 6 nitrogen and oxygen atoms in total. The summed E-state index contributed by atoms with van der Waals surface area (Å²) >= 11 is 7.58. The van der Waals surface area contributed by atoms with Crippen molar-refractivity contribution in [1.82, 2.24) is 14.8 Å². The van der Waals surface area contributed by atoms with Crippen LogP contribution in [-0.4, -0.2) is 39.5 Å². The van der Waals surface area contributed by atoms with Crippen LogP contribution in [0.2, 0.25) is 5.02 Å². The normalized spacial score (nSPS) is 17.2. The van der Waals surface area contributed by atoms with E-state index in [2.05, 4.69) is 25.0 Å². The van der Waals surface area contributed by atoms with Gasteiger partial charge in [-0.05, 0) is 56.7 Å². The van der Waals surface area contributed by atoms with Gasteiger partial charge in [0.05, 0.1) is 5.75 Å². The number of thioether (sulfide) groups is 1. The SMILES string of the molecule is Cc1ccc(NC(=O)CSc2nnc(N3CCCCC3)n2C2CC2)cc1Cl. The molecule has 0 spiro atoms. The number of piperidine rings is 1. The predicted molar refractivity (Wildman–Crippen MR) is 110 cm³/mol. The third-order valence-corrected chi connectivity index (χ3v) is 6.34. The van der Waals surface area contributed by atoms with Gasteiger partial charge in [0.25, 0.3) is 0 Å². The number of nitrogens with zero attached hydrogens (tertiary/aromatic N) is 4. The third kappa shape index (κ3) is 4.41. The molecule has 0 atom stereocenters. The minimum Gasteiger partial charge on any atom is -0.341 e. The summed E-state index contributed by atoms with van der Waals surface area (Å²) in [6.45, 7) is 4.03. The average molecular weight is 406 g/mol. The van der Waals surface area contributed by atoms with Crippen LogP contribution < -0.4 is 10.2 Å². The zero-order chi connectivity index (χ0) is 18.8. The molecule has 2 aromatic rings. The Morgan fingerprint density at radius 1 is 1.26 bits per heavy atom. The van der Waals surface area contributed by atoms with Crippen molar-refractivity contribution in [2.24, 2.45) is 0 Å². The van der Waals surface area contributed by atoms with Crippen LogP contribution in [0, 0.1) is 6.92 Å². The number of carbonyl (C=O) groups excluding carboxylic acids is 1. The van der Waals surface area contributed by atoms with Gasteiger partial charge in [-0.3, -0.25) is 9.36 Å². The highest BCUT2D eigenvalue weighted by molar-refractivity contribution is 7.99. The second-order valence-corrected chi connectivity index (χ2v) is 8.58. The van der Waals surface area contributed by atoms with Gasteiger partial charge < -0.3 is 10.2 Å². The molecule has 144 valence electrons. The number of hydrogen-bond donors (Lipinski definition) is 1. The first kappa shape index (κ1) is 18.6. The summed E-state index contributed by atoms with van der Waals surface area (Å²) < 4.78 is 2.24. The molecular formula is C19H24ClN5OS. The lowest BCUT2D eigenvalue weighted by Crippen LogP contribution is -2.32. The van der Waals surface area contributed by atoms with E-state index in [-0.39, 0.29) is 5.91 Å². The topological polar surface area (TPSA) is 63.1 Å². The summed E-state index contributed by atoms with van der Waals surface area (Å²) in [5.41, 5.74) is 1.71. The molecular weight excluding hydrogens is 382 g/mol. The largest absolute Gasteiger partial charge is 0.341 e. The molecule has 1 saturated heterocycles. The summed E-state index contributed by atoms with van der Waals surface area (Å²) in [7, 11) is 0. The van der Waals surface area contributed by atoms with Gasteiger partial charge in [-0.1, -0.05) is 29.4 Å². The number of nitrogens with one attached hydrogen (secondary N) is 1. The van der Waals surface area contributed by atoms with Crippen molar-refractivity contribution < 1.29 is 4.79 Å². The lowest BCUT2D eigenvalue weighted by molar-refractivity contribution is -0.113. The van der Waals surface area contributed by atoms with Crippen LogP contribution in [0.25, 0.3) is 0 Å². The van der Waals surface area contributed by atoms with E-state index in [1.165, 1.54) is 43.9 Å². The van der Waals surface area contributed by atoms with Gasteiger partial charge in [-0.15, -0.1) is 10.2 Å². The minimum atomic E-state index is -0.0650. The maximum Gasteiger partial charge on any atom is 0.234 e. The molecule has 2 aliphatic rings. The Balaban J connectivity index is 1.41. The molecule has 2 heterocycles. The molecule has 1 saturated carbocycles. The smallest absolute Gasteiger partial charge is 0.234 e. The standard InChI is InChI=1S/C19H24ClN5OS/c1-13-5-6-14(11-16(13)20)21-17(26)12-27-19-23-22-18(25(19)15-7-8-15)24-9-3-2-4-10-24/h5-6,11,15H,2-4,7-10,12H2,1H3,(H,21,26). The number of halogens is 1. The summed E-state index contributed by atoms with van der Waals surface area (Å²) in [5, 5.41) is 13.2. The Hall–Kier alpha value is -1.73. The molecule has 8 heteroatoms. The monoisotopic (exact) mass is 405 g/mol. The molecule has 4 rings (SSSR count). The molecule has 1 aromatic carbocycles. The second-order valence-electron chi connectivity index (χ2n) is 7.23. The third-order valence-electron chi connectivity index (χ3n) is 4.99. The molecule has 2 fully saturated rings. The Labute approximate surface area is 168 Å². The van der Waals surface area contributed by atoms with Gasteiger partial charge in [0, 0.05) is 29.8 Å². The van der Waals surface area contributed by atoms with E-state index in [1.807, 2.05) is 19.1 Å². The zero-order valence-corrected chi connectivity index (χ0v) is 17.0. The Morgan fingerprint density at radius 3 is 2.74 bits per heavy atom. The van der Waals surface area contributed by atoms with Crippen LogP contribution in [0.5, 0.6) is 0 Å². The number of amides is 1. The van der Waals surface area contributed by atoms with Gasteiger partial charge in [0.15, 0.2) is 5.16 Å². The van der Waals surface area contributed by atoms with Gasteiger partial charge in [-0.25, -0.2) is 0 Å². The van der Waals surface area contributed by atoms with Crippen LogP contribution in [0.3, 0.4) is 0 Å². The van der Waals surface area contributed by atoms with Gasteiger partial charge >= 0.3 is 0 Å². The van der Waals surface area contributed by atoms with Gasteiger partial charge in [0.1, 0.15) is 0 Å². The maximum atomic E-state index is 12.3. The number of aromatic nitrogens is 3. The van der Waals surface area contributed by atoms with E-state index in [0.717, 1.165) is 29.8 Å². The Morgan fingerprint density at radius 2 is 2.04 bits per heavy atom. The fourth-order valence-corrected chi connectivity index (χ4v) is 4.31. The minimum absolute atomic E-state index is 0.0650. The summed E-state index contributed by atoms with van der Waals surface area (Å²) in [4.78, 5) is 14.7. The second kappa shape index (κ2) is 8.10. The number of hydrogen-bond acceptors (Lipinski definition) is 5. The number of rotatable bonds is 6. The van der Waals surface area contributed by atoms with Crippen molar-refractivity contribution in [3.8, 4) is 0 Å². The van der Waals surface area contributed by atoms with Crippen LogP contribution in [-0.2, 0) is 4.79 Å². The number of carbonyl (C=O) groups is 1. The lowest BCUT2D eigenvalue weighted by Gasteiger charge is -2.27. The van der Waals surface area contributed by atoms with Crippen LogP contribution in [0.1, 0.15) is 43.7 Å².